The van der Waals surface area contributed by atoms with Crippen LogP contribution >= 0.6 is 11.3 Å². The quantitative estimate of drug-likeness (QED) is 0.504. The van der Waals surface area contributed by atoms with Gasteiger partial charge >= 0.3 is 0 Å². The molecule has 0 radical (unpaired) electrons. The summed E-state index contributed by atoms with van der Waals surface area (Å²) in [5.74, 6) is 1.74. The van der Waals surface area contributed by atoms with Gasteiger partial charge in [-0.3, -0.25) is 9.78 Å². The molecule has 30 heavy (non-hydrogen) atoms. The van der Waals surface area contributed by atoms with Crippen LogP contribution in [0.4, 0.5) is 5.82 Å². The van der Waals surface area contributed by atoms with Crippen LogP contribution in [0.3, 0.4) is 0 Å². The van der Waals surface area contributed by atoms with Crippen LogP contribution in [0.15, 0.2) is 60.9 Å². The molecule has 3 aromatic heterocycles. The molecule has 0 spiro atoms. The number of carbonyl (C=O) groups is 1. The minimum Gasteiger partial charge on any atom is -0.352 e. The van der Waals surface area contributed by atoms with Gasteiger partial charge < -0.3 is 9.80 Å². The van der Waals surface area contributed by atoms with Gasteiger partial charge in [0.2, 0.25) is 5.91 Å². The first-order valence-electron chi connectivity index (χ1n) is 9.97. The summed E-state index contributed by atoms with van der Waals surface area (Å²) >= 11 is 1.68. The number of pyridine rings is 1. The Bertz CT molecular complexity index is 1180. The first kappa shape index (κ1) is 18.7. The molecule has 1 amide bonds. The molecule has 1 aliphatic heterocycles. The van der Waals surface area contributed by atoms with Crippen molar-refractivity contribution in [1.82, 2.24) is 19.9 Å². The van der Waals surface area contributed by atoms with Gasteiger partial charge in [0.15, 0.2) is 5.82 Å². The lowest BCUT2D eigenvalue weighted by molar-refractivity contribution is -0.129. The molecule has 0 atom stereocenters. The third kappa shape index (κ3) is 3.52. The van der Waals surface area contributed by atoms with Crippen LogP contribution in [0.25, 0.3) is 32.0 Å². The summed E-state index contributed by atoms with van der Waals surface area (Å²) in [5.41, 5.74) is 2.08. The zero-order valence-corrected chi connectivity index (χ0v) is 17.5. The van der Waals surface area contributed by atoms with Gasteiger partial charge in [-0.05, 0) is 23.8 Å². The molecule has 4 aromatic rings. The number of fused-ring (bicyclic) bond motifs is 1. The van der Waals surface area contributed by atoms with Gasteiger partial charge in [0, 0.05) is 55.9 Å². The van der Waals surface area contributed by atoms with Crippen molar-refractivity contribution in [2.75, 3.05) is 31.1 Å². The third-order valence-corrected chi connectivity index (χ3v) is 6.45. The molecule has 0 bridgehead atoms. The van der Waals surface area contributed by atoms with E-state index >= 15 is 0 Å². The summed E-state index contributed by atoms with van der Waals surface area (Å²) in [6.45, 7) is 4.56. The number of amides is 1. The van der Waals surface area contributed by atoms with Gasteiger partial charge in [0.05, 0.1) is 5.39 Å². The van der Waals surface area contributed by atoms with Gasteiger partial charge in [0.25, 0.3) is 0 Å². The SMILES string of the molecule is CC(=O)N1CCN(c2nc(-c3cccnc3)nc3sc(-c4ccccc4)cc23)CC1. The standard InChI is InChI=1S/C23H21N5OS/c1-16(29)27-10-12-28(13-11-27)22-19-14-20(17-6-3-2-4-7-17)30-23(19)26-21(25-22)18-8-5-9-24-15-18/h2-9,14-15H,10-13H2,1H3. The van der Waals surface area contributed by atoms with Gasteiger partial charge in [-0.15, -0.1) is 11.3 Å². The lowest BCUT2D eigenvalue weighted by atomic mass is 10.1. The Morgan fingerprint density at radius 2 is 1.73 bits per heavy atom. The van der Waals surface area contributed by atoms with Crippen LogP contribution in [0, 0.1) is 0 Å². The van der Waals surface area contributed by atoms with Crippen LogP contribution in [-0.2, 0) is 4.79 Å². The number of anilines is 1. The first-order valence-corrected chi connectivity index (χ1v) is 10.8. The number of thiophene rings is 1. The largest absolute Gasteiger partial charge is 0.352 e. The van der Waals surface area contributed by atoms with Crippen LogP contribution in [0.2, 0.25) is 0 Å². The van der Waals surface area contributed by atoms with Crippen LogP contribution in [-0.4, -0.2) is 51.9 Å². The Balaban J connectivity index is 1.61. The van der Waals surface area contributed by atoms with Crippen molar-refractivity contribution in [2.45, 2.75) is 6.92 Å². The molecule has 5 rings (SSSR count). The van der Waals surface area contributed by atoms with Crippen molar-refractivity contribution in [1.29, 1.82) is 0 Å². The Morgan fingerprint density at radius 1 is 0.967 bits per heavy atom. The smallest absolute Gasteiger partial charge is 0.219 e. The highest BCUT2D eigenvalue weighted by molar-refractivity contribution is 7.22. The summed E-state index contributed by atoms with van der Waals surface area (Å²) in [5, 5.41) is 1.06. The number of nitrogens with zero attached hydrogens (tertiary/aromatic N) is 5. The van der Waals surface area contributed by atoms with Crippen molar-refractivity contribution in [3.63, 3.8) is 0 Å². The Kier molecular flexibility index (Phi) is 4.88. The van der Waals surface area contributed by atoms with E-state index in [0.717, 1.165) is 34.7 Å². The topological polar surface area (TPSA) is 62.2 Å². The molecular formula is C23H21N5OS. The zero-order chi connectivity index (χ0) is 20.5. The van der Waals surface area contributed by atoms with Crippen molar-refractivity contribution in [3.8, 4) is 21.8 Å². The van der Waals surface area contributed by atoms with Crippen LogP contribution < -0.4 is 4.90 Å². The average molecular weight is 416 g/mol. The van der Waals surface area contributed by atoms with Crippen LogP contribution in [0.5, 0.6) is 0 Å². The van der Waals surface area contributed by atoms with Crippen molar-refractivity contribution in [3.05, 3.63) is 60.9 Å². The third-order valence-electron chi connectivity index (χ3n) is 5.38. The number of carbonyl (C=O) groups excluding carboxylic acids is 1. The van der Waals surface area contributed by atoms with Gasteiger partial charge in [-0.2, -0.15) is 0 Å². The Labute approximate surface area is 178 Å². The second-order valence-electron chi connectivity index (χ2n) is 7.30. The number of hydrogen-bond donors (Lipinski definition) is 0. The number of rotatable bonds is 3. The Hall–Kier alpha value is -3.32. The fourth-order valence-electron chi connectivity index (χ4n) is 3.75. The molecule has 0 unspecified atom stereocenters. The second kappa shape index (κ2) is 7.84. The molecule has 7 heteroatoms. The average Bonchev–Trinajstić information content (AvgIpc) is 3.24. The van der Waals surface area contributed by atoms with E-state index in [-0.39, 0.29) is 5.91 Å². The number of aromatic nitrogens is 3. The predicted octanol–water partition coefficient (Wildman–Crippen LogP) is 4.09. The molecule has 4 heterocycles. The maximum Gasteiger partial charge on any atom is 0.219 e. The molecule has 1 aromatic carbocycles. The molecule has 0 saturated carbocycles. The molecule has 1 fully saturated rings. The molecule has 6 nitrogen and oxygen atoms in total. The first-order chi connectivity index (χ1) is 14.7. The second-order valence-corrected chi connectivity index (χ2v) is 8.33. The summed E-state index contributed by atoms with van der Waals surface area (Å²) in [6, 6.07) is 16.4. The van der Waals surface area contributed by atoms with E-state index in [4.69, 9.17) is 9.97 Å². The lowest BCUT2D eigenvalue weighted by Crippen LogP contribution is -2.48. The lowest BCUT2D eigenvalue weighted by Gasteiger charge is -2.35. The summed E-state index contributed by atoms with van der Waals surface area (Å²) < 4.78 is 0. The fourth-order valence-corrected chi connectivity index (χ4v) is 4.78. The van der Waals surface area contributed by atoms with E-state index in [1.165, 1.54) is 10.4 Å². The minimum absolute atomic E-state index is 0.125. The highest BCUT2D eigenvalue weighted by Crippen LogP contribution is 2.38. The molecule has 1 aliphatic rings. The van der Waals surface area contributed by atoms with E-state index in [0.29, 0.717) is 18.9 Å². The van der Waals surface area contributed by atoms with Crippen molar-refractivity contribution in [2.24, 2.45) is 0 Å². The number of hydrogen-bond acceptors (Lipinski definition) is 6. The van der Waals surface area contributed by atoms with E-state index in [9.17, 15) is 4.79 Å². The Morgan fingerprint density at radius 3 is 2.43 bits per heavy atom. The van der Waals surface area contributed by atoms with E-state index in [1.54, 1.807) is 30.7 Å². The highest BCUT2D eigenvalue weighted by Gasteiger charge is 2.23. The number of piperazine rings is 1. The fraction of sp³-hybridized carbons (Fsp3) is 0.217. The molecule has 150 valence electrons. The molecular weight excluding hydrogens is 394 g/mol. The van der Waals surface area contributed by atoms with Crippen LogP contribution in [0.1, 0.15) is 6.92 Å². The van der Waals surface area contributed by atoms with Crippen molar-refractivity contribution >= 4 is 33.3 Å². The minimum atomic E-state index is 0.125. The summed E-state index contributed by atoms with van der Waals surface area (Å²) in [4.78, 5) is 32.1. The van der Waals surface area contributed by atoms with E-state index in [2.05, 4.69) is 28.1 Å². The molecule has 0 aliphatic carbocycles. The van der Waals surface area contributed by atoms with Gasteiger partial charge in [-0.1, -0.05) is 30.3 Å². The zero-order valence-electron chi connectivity index (χ0n) is 16.7. The van der Waals surface area contributed by atoms with Gasteiger partial charge in [-0.25, -0.2) is 9.97 Å². The van der Waals surface area contributed by atoms with E-state index < -0.39 is 0 Å². The highest BCUT2D eigenvalue weighted by atomic mass is 32.1. The maximum absolute atomic E-state index is 11.7. The summed E-state index contributed by atoms with van der Waals surface area (Å²) in [7, 11) is 0. The molecule has 1 saturated heterocycles. The van der Waals surface area contributed by atoms with E-state index in [1.807, 2.05) is 35.2 Å². The van der Waals surface area contributed by atoms with Gasteiger partial charge in [0.1, 0.15) is 10.6 Å². The number of benzene rings is 1. The normalized spacial score (nSPS) is 14.3. The monoisotopic (exact) mass is 415 g/mol. The molecule has 0 N–H and O–H groups in total. The van der Waals surface area contributed by atoms with Crippen molar-refractivity contribution < 1.29 is 4.79 Å². The summed E-state index contributed by atoms with van der Waals surface area (Å²) in [6.07, 6.45) is 3.55. The maximum atomic E-state index is 11.7. The predicted molar refractivity (Wildman–Crippen MR) is 121 cm³/mol.